The van der Waals surface area contributed by atoms with Crippen LogP contribution in [0.3, 0.4) is 0 Å². The molecule has 0 fully saturated rings. The lowest BCUT2D eigenvalue weighted by atomic mass is 10.0. The van der Waals surface area contributed by atoms with Gasteiger partial charge in [0.15, 0.2) is 0 Å². The van der Waals surface area contributed by atoms with Crippen molar-refractivity contribution >= 4 is 5.97 Å². The zero-order chi connectivity index (χ0) is 14.3. The molecule has 4 heteroatoms. The van der Waals surface area contributed by atoms with E-state index in [1.165, 1.54) is 0 Å². The first-order chi connectivity index (χ1) is 8.99. The van der Waals surface area contributed by atoms with Gasteiger partial charge in [-0.2, -0.15) is 0 Å². The number of nitrogens with zero attached hydrogens (tertiary/aromatic N) is 1. The van der Waals surface area contributed by atoms with Gasteiger partial charge in [0.25, 0.3) is 0 Å². The third kappa shape index (κ3) is 6.36. The number of hydrogen-bond acceptors (Lipinski definition) is 3. The number of aliphatic carboxylic acids is 1. The third-order valence-electron chi connectivity index (χ3n) is 3.11. The van der Waals surface area contributed by atoms with Crippen LogP contribution in [0.4, 0.5) is 0 Å². The molecule has 1 aromatic rings. The van der Waals surface area contributed by atoms with E-state index in [1.54, 1.807) is 0 Å². The van der Waals surface area contributed by atoms with Gasteiger partial charge in [-0.25, -0.2) is 0 Å². The smallest absolute Gasteiger partial charge is 0.307 e. The largest absolute Gasteiger partial charge is 0.481 e. The molecule has 0 bridgehead atoms. The average molecular weight is 264 g/mol. The van der Waals surface area contributed by atoms with E-state index in [9.17, 15) is 4.79 Å². The van der Waals surface area contributed by atoms with E-state index in [1.807, 2.05) is 24.3 Å². The fourth-order valence-corrected chi connectivity index (χ4v) is 1.90. The molecule has 0 aliphatic carbocycles. The molecule has 0 radical (unpaired) electrons. The minimum absolute atomic E-state index is 0.0872. The Hall–Kier alpha value is -1.39. The summed E-state index contributed by atoms with van der Waals surface area (Å²) in [5.41, 5.74) is 1.96. The van der Waals surface area contributed by atoms with E-state index < -0.39 is 5.97 Å². The van der Waals surface area contributed by atoms with Crippen molar-refractivity contribution in [3.8, 4) is 0 Å². The number of carbonyl (C=O) groups is 1. The summed E-state index contributed by atoms with van der Waals surface area (Å²) in [4.78, 5) is 13.0. The lowest BCUT2D eigenvalue weighted by molar-refractivity contribution is -0.136. The molecule has 1 rings (SSSR count). The molecular weight excluding hydrogens is 240 g/mol. The molecule has 4 nitrogen and oxygen atoms in total. The molecule has 0 saturated carbocycles. The molecule has 0 heterocycles. The maximum atomic E-state index is 10.8. The van der Waals surface area contributed by atoms with Gasteiger partial charge in [0.05, 0.1) is 6.42 Å². The van der Waals surface area contributed by atoms with Gasteiger partial charge in [0.1, 0.15) is 0 Å². The van der Waals surface area contributed by atoms with E-state index in [4.69, 9.17) is 5.11 Å². The molecule has 0 aromatic heterocycles. The predicted molar refractivity (Wildman–Crippen MR) is 77.3 cm³/mol. The molecule has 1 aromatic carbocycles. The van der Waals surface area contributed by atoms with Gasteiger partial charge in [-0.15, -0.1) is 0 Å². The zero-order valence-corrected chi connectivity index (χ0v) is 12.0. The summed E-state index contributed by atoms with van der Waals surface area (Å²) in [6.45, 7) is 3.92. The second-order valence-corrected chi connectivity index (χ2v) is 5.21. The van der Waals surface area contributed by atoms with Crippen LogP contribution in [0.1, 0.15) is 24.5 Å². The second-order valence-electron chi connectivity index (χ2n) is 5.21. The Morgan fingerprint density at radius 1 is 1.32 bits per heavy atom. The molecular formula is C15H24N2O2. The van der Waals surface area contributed by atoms with Crippen LogP contribution in [0.2, 0.25) is 0 Å². The van der Waals surface area contributed by atoms with Gasteiger partial charge < -0.3 is 15.3 Å². The SMILES string of the molecule is CC(CCN(C)C)NCc1ccccc1CC(=O)O. The minimum Gasteiger partial charge on any atom is -0.481 e. The topological polar surface area (TPSA) is 52.6 Å². The maximum Gasteiger partial charge on any atom is 0.307 e. The fourth-order valence-electron chi connectivity index (χ4n) is 1.90. The maximum absolute atomic E-state index is 10.8. The first-order valence-corrected chi connectivity index (χ1v) is 6.65. The van der Waals surface area contributed by atoms with E-state index in [0.717, 1.165) is 30.6 Å². The Labute approximate surface area is 115 Å². The molecule has 2 N–H and O–H groups in total. The van der Waals surface area contributed by atoms with Gasteiger partial charge in [0, 0.05) is 12.6 Å². The van der Waals surface area contributed by atoms with Crippen molar-refractivity contribution in [2.75, 3.05) is 20.6 Å². The number of hydrogen-bond donors (Lipinski definition) is 2. The summed E-state index contributed by atoms with van der Waals surface area (Å²) < 4.78 is 0. The highest BCUT2D eigenvalue weighted by Gasteiger charge is 2.07. The number of nitrogens with one attached hydrogen (secondary N) is 1. The lowest BCUT2D eigenvalue weighted by Gasteiger charge is -2.17. The van der Waals surface area contributed by atoms with E-state index >= 15 is 0 Å². The Morgan fingerprint density at radius 2 is 1.95 bits per heavy atom. The van der Waals surface area contributed by atoms with Crippen LogP contribution < -0.4 is 5.32 Å². The number of carboxylic acid groups (broad SMARTS) is 1. The van der Waals surface area contributed by atoms with Gasteiger partial charge in [-0.3, -0.25) is 4.79 Å². The molecule has 0 spiro atoms. The Kier molecular flexibility index (Phi) is 6.53. The standard InChI is InChI=1S/C15H24N2O2/c1-12(8-9-17(2)3)16-11-14-7-5-4-6-13(14)10-15(18)19/h4-7,12,16H,8-11H2,1-3H3,(H,18,19). The fraction of sp³-hybridized carbons (Fsp3) is 0.533. The summed E-state index contributed by atoms with van der Waals surface area (Å²) in [5.74, 6) is -0.784. The van der Waals surface area contributed by atoms with Crippen molar-refractivity contribution in [2.45, 2.75) is 32.4 Å². The monoisotopic (exact) mass is 264 g/mol. The molecule has 0 aliphatic rings. The van der Waals surface area contributed by atoms with Crippen molar-refractivity contribution < 1.29 is 9.90 Å². The van der Waals surface area contributed by atoms with Crippen LogP contribution >= 0.6 is 0 Å². The van der Waals surface area contributed by atoms with Crippen LogP contribution in [0, 0.1) is 0 Å². The number of benzene rings is 1. The van der Waals surface area contributed by atoms with E-state index in [2.05, 4.69) is 31.2 Å². The third-order valence-corrected chi connectivity index (χ3v) is 3.11. The van der Waals surface area contributed by atoms with Gasteiger partial charge in [-0.05, 0) is 45.1 Å². The normalized spacial score (nSPS) is 12.6. The van der Waals surface area contributed by atoms with Crippen LogP contribution in [0.25, 0.3) is 0 Å². The summed E-state index contributed by atoms with van der Waals surface area (Å²) >= 11 is 0. The molecule has 0 aliphatic heterocycles. The van der Waals surface area contributed by atoms with Gasteiger partial charge in [-0.1, -0.05) is 24.3 Å². The molecule has 106 valence electrons. The van der Waals surface area contributed by atoms with Crippen molar-refractivity contribution in [1.82, 2.24) is 10.2 Å². The summed E-state index contributed by atoms with van der Waals surface area (Å²) in [6.07, 6.45) is 1.16. The van der Waals surface area contributed by atoms with E-state index in [-0.39, 0.29) is 6.42 Å². The Morgan fingerprint density at radius 3 is 2.53 bits per heavy atom. The second kappa shape index (κ2) is 7.92. The summed E-state index contributed by atoms with van der Waals surface area (Å²) in [5, 5.41) is 12.3. The Balaban J connectivity index is 2.50. The summed E-state index contributed by atoms with van der Waals surface area (Å²) in [7, 11) is 4.13. The molecule has 0 amide bonds. The first kappa shape index (κ1) is 15.7. The zero-order valence-electron chi connectivity index (χ0n) is 12.0. The van der Waals surface area contributed by atoms with Crippen LogP contribution in [0.5, 0.6) is 0 Å². The van der Waals surface area contributed by atoms with E-state index in [0.29, 0.717) is 6.04 Å². The summed E-state index contributed by atoms with van der Waals surface area (Å²) in [6, 6.07) is 8.13. The number of rotatable bonds is 8. The Bertz CT molecular complexity index is 405. The highest BCUT2D eigenvalue weighted by molar-refractivity contribution is 5.70. The lowest BCUT2D eigenvalue weighted by Crippen LogP contribution is -2.29. The molecule has 1 unspecified atom stereocenters. The highest BCUT2D eigenvalue weighted by Crippen LogP contribution is 2.10. The van der Waals surface area contributed by atoms with Crippen LogP contribution in [-0.4, -0.2) is 42.7 Å². The molecule has 1 atom stereocenters. The minimum atomic E-state index is -0.784. The first-order valence-electron chi connectivity index (χ1n) is 6.65. The van der Waals surface area contributed by atoms with Crippen LogP contribution in [-0.2, 0) is 17.8 Å². The van der Waals surface area contributed by atoms with Crippen molar-refractivity contribution in [3.63, 3.8) is 0 Å². The number of carboxylic acids is 1. The van der Waals surface area contributed by atoms with Gasteiger partial charge in [0.2, 0.25) is 0 Å². The highest BCUT2D eigenvalue weighted by atomic mass is 16.4. The molecule has 19 heavy (non-hydrogen) atoms. The van der Waals surface area contributed by atoms with Gasteiger partial charge >= 0.3 is 5.97 Å². The van der Waals surface area contributed by atoms with Crippen LogP contribution in [0.15, 0.2) is 24.3 Å². The predicted octanol–water partition coefficient (Wildman–Crippen LogP) is 1.74. The van der Waals surface area contributed by atoms with Crippen molar-refractivity contribution in [1.29, 1.82) is 0 Å². The average Bonchev–Trinajstić information content (AvgIpc) is 2.34. The van der Waals surface area contributed by atoms with Crippen molar-refractivity contribution in [2.24, 2.45) is 0 Å². The molecule has 0 saturated heterocycles. The van der Waals surface area contributed by atoms with Crippen molar-refractivity contribution in [3.05, 3.63) is 35.4 Å². The quantitative estimate of drug-likeness (QED) is 0.751.